The number of aliphatic hydroxyl groups is 1. The van der Waals surface area contributed by atoms with Gasteiger partial charge in [0.25, 0.3) is 0 Å². The van der Waals surface area contributed by atoms with E-state index in [1.807, 2.05) is 0 Å². The number of nitrogens with zero attached hydrogens (tertiary/aromatic N) is 1. The van der Waals surface area contributed by atoms with Gasteiger partial charge in [-0.3, -0.25) is 0 Å². The molecule has 2 N–H and O–H groups in total. The standard InChI is InChI=1S/C11H8Cl2N2OS/c1-6(16)7(5-14)11(17)15-9-4-2-3-8(12)10(9)13/h2-4,16H,1H3,(H,15,17)/b7-6-. The summed E-state index contributed by atoms with van der Waals surface area (Å²) in [6.07, 6.45) is 0. The second kappa shape index (κ2) is 5.87. The SMILES string of the molecule is C/C(O)=C(\C#N)C(=S)Nc1cccc(Cl)c1Cl. The number of nitrogens with one attached hydrogen (secondary N) is 1. The van der Waals surface area contributed by atoms with Crippen molar-refractivity contribution in [2.24, 2.45) is 0 Å². The van der Waals surface area contributed by atoms with Crippen molar-refractivity contribution in [3.8, 4) is 6.07 Å². The number of rotatable bonds is 2. The third-order valence-electron chi connectivity index (χ3n) is 1.90. The third kappa shape index (κ3) is 3.34. The van der Waals surface area contributed by atoms with E-state index < -0.39 is 0 Å². The molecule has 1 rings (SSSR count). The van der Waals surface area contributed by atoms with Gasteiger partial charge in [-0.05, 0) is 19.1 Å². The zero-order valence-electron chi connectivity index (χ0n) is 8.79. The molecule has 0 aliphatic rings. The average molecular weight is 287 g/mol. The van der Waals surface area contributed by atoms with E-state index in [9.17, 15) is 5.11 Å². The number of hydrogen-bond donors (Lipinski definition) is 2. The van der Waals surface area contributed by atoms with E-state index in [1.165, 1.54) is 6.92 Å². The first-order chi connectivity index (χ1) is 7.97. The topological polar surface area (TPSA) is 56.0 Å². The number of allylic oxidation sites excluding steroid dienone is 1. The van der Waals surface area contributed by atoms with Gasteiger partial charge in [-0.2, -0.15) is 5.26 Å². The molecule has 0 radical (unpaired) electrons. The summed E-state index contributed by atoms with van der Waals surface area (Å²) < 4.78 is 0. The predicted molar refractivity (Wildman–Crippen MR) is 73.6 cm³/mol. The van der Waals surface area contributed by atoms with Crippen molar-refractivity contribution in [1.82, 2.24) is 0 Å². The quantitative estimate of drug-likeness (QED) is 0.372. The van der Waals surface area contributed by atoms with Crippen LogP contribution >= 0.6 is 35.4 Å². The first-order valence-electron chi connectivity index (χ1n) is 4.52. The Bertz CT molecular complexity index is 531. The van der Waals surface area contributed by atoms with Crippen molar-refractivity contribution in [3.63, 3.8) is 0 Å². The molecule has 88 valence electrons. The zero-order valence-corrected chi connectivity index (χ0v) is 11.1. The van der Waals surface area contributed by atoms with E-state index in [0.717, 1.165) is 0 Å². The minimum Gasteiger partial charge on any atom is -0.511 e. The lowest BCUT2D eigenvalue weighted by Gasteiger charge is -2.09. The van der Waals surface area contributed by atoms with Crippen molar-refractivity contribution in [1.29, 1.82) is 5.26 Å². The van der Waals surface area contributed by atoms with Gasteiger partial charge in [0.2, 0.25) is 0 Å². The molecule has 6 heteroatoms. The molecular formula is C11H8Cl2N2OS. The molecule has 0 amide bonds. The highest BCUT2D eigenvalue weighted by Crippen LogP contribution is 2.29. The number of anilines is 1. The van der Waals surface area contributed by atoms with Crippen LogP contribution in [0.3, 0.4) is 0 Å². The van der Waals surface area contributed by atoms with E-state index in [4.69, 9.17) is 40.7 Å². The Hall–Kier alpha value is -1.28. The van der Waals surface area contributed by atoms with E-state index in [1.54, 1.807) is 24.3 Å². The molecule has 1 aromatic rings. The van der Waals surface area contributed by atoms with E-state index in [0.29, 0.717) is 15.7 Å². The van der Waals surface area contributed by atoms with Gasteiger partial charge in [0.1, 0.15) is 22.4 Å². The largest absolute Gasteiger partial charge is 0.511 e. The van der Waals surface area contributed by atoms with Crippen LogP contribution in [0.2, 0.25) is 10.0 Å². The van der Waals surface area contributed by atoms with Crippen molar-refractivity contribution in [2.45, 2.75) is 6.92 Å². The van der Waals surface area contributed by atoms with Crippen LogP contribution in [0.5, 0.6) is 0 Å². The number of aliphatic hydroxyl groups excluding tert-OH is 1. The monoisotopic (exact) mass is 286 g/mol. The van der Waals surface area contributed by atoms with Crippen LogP contribution in [-0.2, 0) is 0 Å². The van der Waals surface area contributed by atoms with Crippen molar-refractivity contribution in [2.75, 3.05) is 5.32 Å². The van der Waals surface area contributed by atoms with E-state index in [2.05, 4.69) is 5.32 Å². The maximum absolute atomic E-state index is 9.26. The fraction of sp³-hybridized carbons (Fsp3) is 0.0909. The van der Waals surface area contributed by atoms with Gasteiger partial charge in [0, 0.05) is 0 Å². The Labute approximate surface area is 114 Å². The first-order valence-corrected chi connectivity index (χ1v) is 5.69. The lowest BCUT2D eigenvalue weighted by molar-refractivity contribution is 0.412. The van der Waals surface area contributed by atoms with E-state index in [-0.39, 0.29) is 16.3 Å². The second-order valence-electron chi connectivity index (χ2n) is 3.13. The molecular weight excluding hydrogens is 279 g/mol. The molecule has 0 aromatic heterocycles. The van der Waals surface area contributed by atoms with Gasteiger partial charge in [0.15, 0.2) is 0 Å². The van der Waals surface area contributed by atoms with Crippen LogP contribution in [0.1, 0.15) is 6.92 Å². The Kier molecular flexibility index (Phi) is 4.76. The predicted octanol–water partition coefficient (Wildman–Crippen LogP) is 4.09. The number of hydrogen-bond acceptors (Lipinski definition) is 3. The van der Waals surface area contributed by atoms with Crippen LogP contribution in [0.15, 0.2) is 29.5 Å². The lowest BCUT2D eigenvalue weighted by Crippen LogP contribution is -2.13. The van der Waals surface area contributed by atoms with Gasteiger partial charge in [-0.15, -0.1) is 0 Å². The number of thiocarbonyl (C=S) groups is 1. The summed E-state index contributed by atoms with van der Waals surface area (Å²) in [6.45, 7) is 1.38. The molecule has 0 unspecified atom stereocenters. The summed E-state index contributed by atoms with van der Waals surface area (Å²) in [4.78, 5) is 0.0941. The molecule has 0 saturated carbocycles. The van der Waals surface area contributed by atoms with Crippen LogP contribution in [0.25, 0.3) is 0 Å². The maximum Gasteiger partial charge on any atom is 0.125 e. The summed E-state index contributed by atoms with van der Waals surface area (Å²) >= 11 is 16.8. The summed E-state index contributed by atoms with van der Waals surface area (Å²) in [5.41, 5.74) is 0.481. The minimum atomic E-state index is -0.150. The van der Waals surface area contributed by atoms with Gasteiger partial charge >= 0.3 is 0 Å². The number of nitriles is 1. The highest BCUT2D eigenvalue weighted by atomic mass is 35.5. The van der Waals surface area contributed by atoms with Gasteiger partial charge in [-0.25, -0.2) is 0 Å². The molecule has 0 saturated heterocycles. The average Bonchev–Trinajstić information content (AvgIpc) is 2.25. The molecule has 0 bridgehead atoms. The van der Waals surface area contributed by atoms with Crippen LogP contribution in [-0.4, -0.2) is 10.1 Å². The fourth-order valence-electron chi connectivity index (χ4n) is 1.08. The normalized spacial score (nSPS) is 11.4. The maximum atomic E-state index is 9.26. The molecule has 0 aliphatic heterocycles. The Balaban J connectivity index is 3.01. The van der Waals surface area contributed by atoms with Crippen molar-refractivity contribution in [3.05, 3.63) is 39.6 Å². The molecule has 0 aliphatic carbocycles. The van der Waals surface area contributed by atoms with Crippen LogP contribution in [0, 0.1) is 11.3 Å². The molecule has 0 fully saturated rings. The van der Waals surface area contributed by atoms with E-state index >= 15 is 0 Å². The van der Waals surface area contributed by atoms with Crippen molar-refractivity contribution >= 4 is 46.1 Å². The van der Waals surface area contributed by atoms with Gasteiger partial charge < -0.3 is 10.4 Å². The zero-order chi connectivity index (χ0) is 13.0. The summed E-state index contributed by atoms with van der Waals surface area (Å²) in [5, 5.41) is 21.5. The Morgan fingerprint density at radius 3 is 2.65 bits per heavy atom. The molecule has 0 heterocycles. The molecule has 17 heavy (non-hydrogen) atoms. The lowest BCUT2D eigenvalue weighted by atomic mass is 10.2. The minimum absolute atomic E-state index is 0.00366. The van der Waals surface area contributed by atoms with Crippen molar-refractivity contribution < 1.29 is 5.11 Å². The molecule has 1 aromatic carbocycles. The fourth-order valence-corrected chi connectivity index (χ4v) is 1.73. The third-order valence-corrected chi connectivity index (χ3v) is 3.03. The van der Waals surface area contributed by atoms with Crippen LogP contribution < -0.4 is 5.32 Å². The molecule has 0 atom stereocenters. The number of halogens is 2. The summed E-state index contributed by atoms with van der Waals surface area (Å²) in [6, 6.07) is 6.80. The highest BCUT2D eigenvalue weighted by Gasteiger charge is 2.11. The Morgan fingerprint density at radius 2 is 2.12 bits per heavy atom. The first kappa shape index (κ1) is 13.8. The highest BCUT2D eigenvalue weighted by molar-refractivity contribution is 7.81. The van der Waals surface area contributed by atoms with Gasteiger partial charge in [0.05, 0.1) is 15.7 Å². The molecule has 3 nitrogen and oxygen atoms in total. The summed E-state index contributed by atoms with van der Waals surface area (Å²) in [5.74, 6) is -0.150. The smallest absolute Gasteiger partial charge is 0.125 e. The van der Waals surface area contributed by atoms with Gasteiger partial charge in [-0.1, -0.05) is 41.5 Å². The second-order valence-corrected chi connectivity index (χ2v) is 4.32. The number of benzene rings is 1. The summed E-state index contributed by atoms with van der Waals surface area (Å²) in [7, 11) is 0. The van der Waals surface area contributed by atoms with Crippen LogP contribution in [0.4, 0.5) is 5.69 Å². The molecule has 0 spiro atoms. The Morgan fingerprint density at radius 1 is 1.47 bits per heavy atom.